The molecule has 3 atom stereocenters. The summed E-state index contributed by atoms with van der Waals surface area (Å²) in [4.78, 5) is 24.7. The number of fused-ring (bicyclic) bond motifs is 2. The number of pyridine rings is 1. The summed E-state index contributed by atoms with van der Waals surface area (Å²) in [7, 11) is 2.00. The van der Waals surface area contributed by atoms with Crippen LogP contribution in [0.2, 0.25) is 0 Å². The van der Waals surface area contributed by atoms with E-state index in [1.54, 1.807) is 6.20 Å². The van der Waals surface area contributed by atoms with Crippen LogP contribution >= 0.6 is 0 Å². The molecule has 32 heavy (non-hydrogen) atoms. The van der Waals surface area contributed by atoms with Crippen molar-refractivity contribution >= 4 is 11.7 Å². The molecule has 166 valence electrons. The van der Waals surface area contributed by atoms with Crippen molar-refractivity contribution in [3.05, 3.63) is 59.1 Å². The number of imidazole rings is 1. The largest absolute Gasteiger partial charge is 0.356 e. The first-order chi connectivity index (χ1) is 15.6. The van der Waals surface area contributed by atoms with E-state index in [0.29, 0.717) is 12.1 Å². The Morgan fingerprint density at radius 3 is 2.91 bits per heavy atom. The van der Waals surface area contributed by atoms with Gasteiger partial charge in [-0.25, -0.2) is 9.97 Å². The van der Waals surface area contributed by atoms with Crippen molar-refractivity contribution in [1.29, 1.82) is 0 Å². The van der Waals surface area contributed by atoms with Crippen LogP contribution in [0, 0.1) is 11.8 Å². The molecule has 2 aliphatic carbocycles. The number of carbonyl (C=O) groups excluding carboxylic acids is 1. The lowest BCUT2D eigenvalue weighted by atomic mass is 10.1. The minimum absolute atomic E-state index is 0.0258. The highest BCUT2D eigenvalue weighted by Gasteiger charge is 2.45. The predicted octanol–water partition coefficient (Wildman–Crippen LogP) is 2.50. The maximum atomic E-state index is 12.8. The van der Waals surface area contributed by atoms with E-state index in [1.165, 1.54) is 12.1 Å². The van der Waals surface area contributed by atoms with Crippen molar-refractivity contribution in [2.75, 3.05) is 18.0 Å². The number of nitrogens with zero attached hydrogens (tertiary/aromatic N) is 6. The van der Waals surface area contributed by atoms with Gasteiger partial charge in [0, 0.05) is 37.7 Å². The molecule has 0 aromatic carbocycles. The third kappa shape index (κ3) is 3.38. The standard InChI is InChI=1S/C24H29N7O/c1-3-19-15(4-7-22(27-19)30-10-16-8-17(16)11-30)12-31-13-18(9-26-31)24(32)28-20-5-6-21-23(20)25-14-29(21)2/h4,7,9,13-14,16-17,20H,3,5-6,8,10-12H2,1-2H3,(H,28,32)/t16?,17?,20-/m1/s1. The van der Waals surface area contributed by atoms with Gasteiger partial charge in [-0.15, -0.1) is 0 Å². The van der Waals surface area contributed by atoms with Crippen molar-refractivity contribution in [2.24, 2.45) is 18.9 Å². The van der Waals surface area contributed by atoms with Crippen molar-refractivity contribution in [3.63, 3.8) is 0 Å². The molecule has 6 rings (SSSR count). The second kappa shape index (κ2) is 7.46. The molecule has 3 aliphatic rings. The molecule has 4 heterocycles. The Bertz CT molecular complexity index is 1170. The Kier molecular flexibility index (Phi) is 4.55. The van der Waals surface area contributed by atoms with Gasteiger partial charge in [0.1, 0.15) is 5.82 Å². The smallest absolute Gasteiger partial charge is 0.255 e. The molecular formula is C24H29N7O. The highest BCUT2D eigenvalue weighted by molar-refractivity contribution is 5.94. The average Bonchev–Trinajstić information content (AvgIpc) is 3.27. The molecule has 1 saturated carbocycles. The maximum absolute atomic E-state index is 12.8. The summed E-state index contributed by atoms with van der Waals surface area (Å²) in [5, 5.41) is 7.57. The van der Waals surface area contributed by atoms with Gasteiger partial charge >= 0.3 is 0 Å². The summed E-state index contributed by atoms with van der Waals surface area (Å²) in [6.07, 6.45) is 9.40. The van der Waals surface area contributed by atoms with Gasteiger partial charge in [-0.1, -0.05) is 13.0 Å². The van der Waals surface area contributed by atoms with E-state index >= 15 is 0 Å². The molecule has 8 nitrogen and oxygen atoms in total. The first-order valence-electron chi connectivity index (χ1n) is 11.7. The quantitative estimate of drug-likeness (QED) is 0.649. The summed E-state index contributed by atoms with van der Waals surface area (Å²) in [5.41, 5.74) is 5.04. The fraction of sp³-hybridized carbons (Fsp3) is 0.500. The van der Waals surface area contributed by atoms with Gasteiger partial charge in [0.25, 0.3) is 5.91 Å². The lowest BCUT2D eigenvalue weighted by Gasteiger charge is -2.20. The van der Waals surface area contributed by atoms with Gasteiger partial charge in [-0.3, -0.25) is 9.48 Å². The molecule has 2 fully saturated rings. The number of anilines is 1. The van der Waals surface area contributed by atoms with Crippen LogP contribution in [0.15, 0.2) is 30.9 Å². The second-order valence-electron chi connectivity index (χ2n) is 9.47. The maximum Gasteiger partial charge on any atom is 0.255 e. The highest BCUT2D eigenvalue weighted by atomic mass is 16.1. The number of carbonyl (C=O) groups is 1. The molecule has 1 aliphatic heterocycles. The predicted molar refractivity (Wildman–Crippen MR) is 120 cm³/mol. The molecule has 2 unspecified atom stereocenters. The number of nitrogens with one attached hydrogen (secondary N) is 1. The van der Waals surface area contributed by atoms with Crippen LogP contribution in [-0.2, 0) is 26.4 Å². The summed E-state index contributed by atoms with van der Waals surface area (Å²) < 4.78 is 3.87. The number of rotatable bonds is 6. The first kappa shape index (κ1) is 19.5. The fourth-order valence-corrected chi connectivity index (χ4v) is 5.34. The van der Waals surface area contributed by atoms with Crippen LogP contribution in [0.25, 0.3) is 0 Å². The Balaban J connectivity index is 1.13. The SMILES string of the molecule is CCc1nc(N2CC3CC3C2)ccc1Cn1cc(C(=O)N[C@@H]2CCc3c2ncn3C)cn1. The fourth-order valence-electron chi connectivity index (χ4n) is 5.34. The topological polar surface area (TPSA) is 80.9 Å². The Labute approximate surface area is 187 Å². The molecule has 1 saturated heterocycles. The number of hydrogen-bond acceptors (Lipinski definition) is 5. The van der Waals surface area contributed by atoms with Crippen LogP contribution in [0.4, 0.5) is 5.82 Å². The zero-order valence-electron chi connectivity index (χ0n) is 18.7. The van der Waals surface area contributed by atoms with Crippen molar-refractivity contribution in [3.8, 4) is 0 Å². The van der Waals surface area contributed by atoms with Crippen LogP contribution < -0.4 is 10.2 Å². The summed E-state index contributed by atoms with van der Waals surface area (Å²) in [6, 6.07) is 4.29. The minimum Gasteiger partial charge on any atom is -0.356 e. The van der Waals surface area contributed by atoms with Crippen LogP contribution in [0.3, 0.4) is 0 Å². The molecule has 3 aromatic rings. The van der Waals surface area contributed by atoms with Gasteiger partial charge in [0.05, 0.1) is 36.4 Å². The zero-order valence-corrected chi connectivity index (χ0v) is 18.7. The van der Waals surface area contributed by atoms with E-state index in [2.05, 4.69) is 39.4 Å². The number of amides is 1. The highest BCUT2D eigenvalue weighted by Crippen LogP contribution is 2.46. The van der Waals surface area contributed by atoms with Gasteiger partial charge in [0.15, 0.2) is 0 Å². The first-order valence-corrected chi connectivity index (χ1v) is 11.7. The molecule has 1 N–H and O–H groups in total. The Morgan fingerprint density at radius 2 is 2.09 bits per heavy atom. The summed E-state index contributed by atoms with van der Waals surface area (Å²) in [5.74, 6) is 2.78. The number of hydrogen-bond donors (Lipinski definition) is 1. The Morgan fingerprint density at radius 1 is 1.25 bits per heavy atom. The van der Waals surface area contributed by atoms with Crippen LogP contribution in [0.5, 0.6) is 0 Å². The summed E-state index contributed by atoms with van der Waals surface area (Å²) in [6.45, 7) is 5.06. The third-order valence-corrected chi connectivity index (χ3v) is 7.32. The van der Waals surface area contributed by atoms with Crippen LogP contribution in [-0.4, -0.2) is 43.3 Å². The minimum atomic E-state index is -0.100. The van der Waals surface area contributed by atoms with Crippen molar-refractivity contribution in [2.45, 2.75) is 45.2 Å². The van der Waals surface area contributed by atoms with Gasteiger partial charge < -0.3 is 14.8 Å². The normalized spacial score (nSPS) is 23.3. The molecule has 0 bridgehead atoms. The van der Waals surface area contributed by atoms with Gasteiger partial charge in [-0.2, -0.15) is 5.10 Å². The number of aryl methyl sites for hydroxylation is 2. The summed E-state index contributed by atoms with van der Waals surface area (Å²) >= 11 is 0. The average molecular weight is 432 g/mol. The lowest BCUT2D eigenvalue weighted by Crippen LogP contribution is -2.27. The number of piperidine rings is 1. The molecule has 1 amide bonds. The van der Waals surface area contributed by atoms with E-state index in [1.807, 2.05) is 28.8 Å². The van der Waals surface area contributed by atoms with Gasteiger partial charge in [0.2, 0.25) is 0 Å². The lowest BCUT2D eigenvalue weighted by molar-refractivity contribution is 0.0936. The van der Waals surface area contributed by atoms with E-state index < -0.39 is 0 Å². The second-order valence-corrected chi connectivity index (χ2v) is 9.47. The van der Waals surface area contributed by atoms with E-state index in [9.17, 15) is 4.79 Å². The molecule has 0 radical (unpaired) electrons. The third-order valence-electron chi connectivity index (χ3n) is 7.32. The molecule has 8 heteroatoms. The molecule has 3 aromatic heterocycles. The number of aromatic nitrogens is 5. The molecular weight excluding hydrogens is 402 g/mol. The van der Waals surface area contributed by atoms with E-state index in [-0.39, 0.29) is 11.9 Å². The van der Waals surface area contributed by atoms with Gasteiger partial charge in [-0.05, 0) is 49.1 Å². The zero-order chi connectivity index (χ0) is 21.8. The monoisotopic (exact) mass is 431 g/mol. The Hall–Kier alpha value is -3.16. The van der Waals surface area contributed by atoms with E-state index in [0.717, 1.165) is 67.0 Å². The van der Waals surface area contributed by atoms with Crippen molar-refractivity contribution in [1.82, 2.24) is 29.6 Å². The van der Waals surface area contributed by atoms with Crippen LogP contribution in [0.1, 0.15) is 58.8 Å². The van der Waals surface area contributed by atoms with E-state index in [4.69, 9.17) is 4.98 Å². The van der Waals surface area contributed by atoms with Crippen molar-refractivity contribution < 1.29 is 4.79 Å². The molecule has 0 spiro atoms.